The average molecular weight is 316 g/mol. The van der Waals surface area contributed by atoms with Crippen molar-refractivity contribution in [3.8, 4) is 5.69 Å². The lowest BCUT2D eigenvalue weighted by Crippen LogP contribution is -2.31. The monoisotopic (exact) mass is 316 g/mol. The number of nitrogens with zero attached hydrogens (tertiary/aromatic N) is 3. The number of anilines is 1. The quantitative estimate of drug-likeness (QED) is 0.919. The highest BCUT2D eigenvalue weighted by atomic mass is 16.5. The predicted octanol–water partition coefficient (Wildman–Crippen LogP) is 2.53. The Hall–Kier alpha value is -2.83. The van der Waals surface area contributed by atoms with Gasteiger partial charge in [0.1, 0.15) is 5.56 Å². The number of hydrogen-bond acceptors (Lipinski definition) is 4. The van der Waals surface area contributed by atoms with Crippen LogP contribution < -0.4 is 5.32 Å². The minimum Gasteiger partial charge on any atom is -0.453 e. The number of methoxy groups -OCH3 is 1. The molecule has 0 saturated carbocycles. The second-order valence-electron chi connectivity index (χ2n) is 4.75. The van der Waals surface area contributed by atoms with E-state index in [1.165, 1.54) is 18.0 Å². The number of rotatable bonds is 5. The van der Waals surface area contributed by atoms with E-state index in [0.29, 0.717) is 24.5 Å². The van der Waals surface area contributed by atoms with Gasteiger partial charge in [-0.1, -0.05) is 18.2 Å². The van der Waals surface area contributed by atoms with Gasteiger partial charge in [0.05, 0.1) is 19.0 Å². The molecule has 0 saturated heterocycles. The summed E-state index contributed by atoms with van der Waals surface area (Å²) in [7, 11) is 1.27. The molecule has 0 aliphatic carbocycles. The number of carbonyl (C=O) groups is 2. The van der Waals surface area contributed by atoms with Crippen molar-refractivity contribution >= 4 is 17.8 Å². The van der Waals surface area contributed by atoms with Crippen LogP contribution in [0.4, 0.5) is 10.6 Å². The van der Waals surface area contributed by atoms with E-state index < -0.39 is 6.09 Å². The maximum Gasteiger partial charge on any atom is 0.412 e. The summed E-state index contributed by atoms with van der Waals surface area (Å²) in [5.41, 5.74) is 1.06. The summed E-state index contributed by atoms with van der Waals surface area (Å²) in [6.07, 6.45) is 0.801. The molecule has 2 aromatic rings. The van der Waals surface area contributed by atoms with Gasteiger partial charge in [-0.05, 0) is 26.0 Å². The lowest BCUT2D eigenvalue weighted by molar-refractivity contribution is 0.0774. The van der Waals surface area contributed by atoms with Crippen LogP contribution in [0.1, 0.15) is 24.2 Å². The number of carbonyl (C=O) groups excluding carboxylic acids is 2. The molecule has 0 spiro atoms. The Labute approximate surface area is 134 Å². The number of amides is 2. The summed E-state index contributed by atoms with van der Waals surface area (Å²) in [6, 6.07) is 9.25. The standard InChI is InChI=1S/C16H20N4O3/c1-4-19(5-2)15(21)13-11-17-20(12-9-7-6-8-10-12)14(13)18-16(22)23-3/h6-11H,4-5H2,1-3H3,(H,18,22). The highest BCUT2D eigenvalue weighted by Gasteiger charge is 2.23. The molecule has 7 heteroatoms. The number of benzene rings is 1. The topological polar surface area (TPSA) is 76.5 Å². The maximum absolute atomic E-state index is 12.6. The van der Waals surface area contributed by atoms with E-state index in [1.54, 1.807) is 4.90 Å². The molecular weight excluding hydrogens is 296 g/mol. The zero-order valence-electron chi connectivity index (χ0n) is 13.4. The fourth-order valence-electron chi connectivity index (χ4n) is 2.22. The molecule has 1 heterocycles. The molecule has 0 bridgehead atoms. The SMILES string of the molecule is CCN(CC)C(=O)c1cnn(-c2ccccc2)c1NC(=O)OC. The van der Waals surface area contributed by atoms with Crippen molar-refractivity contribution in [3.63, 3.8) is 0 Å². The van der Waals surface area contributed by atoms with Crippen molar-refractivity contribution < 1.29 is 14.3 Å². The smallest absolute Gasteiger partial charge is 0.412 e. The average Bonchev–Trinajstić information content (AvgIpc) is 3.00. The highest BCUT2D eigenvalue weighted by Crippen LogP contribution is 2.22. The lowest BCUT2D eigenvalue weighted by atomic mass is 10.2. The number of nitrogens with one attached hydrogen (secondary N) is 1. The van der Waals surface area contributed by atoms with Crippen LogP contribution in [-0.4, -0.2) is 46.9 Å². The molecule has 0 atom stereocenters. The van der Waals surface area contributed by atoms with Gasteiger partial charge in [-0.2, -0.15) is 5.10 Å². The van der Waals surface area contributed by atoms with Crippen LogP contribution in [0.5, 0.6) is 0 Å². The normalized spacial score (nSPS) is 10.2. The fraction of sp³-hybridized carbons (Fsp3) is 0.312. The molecule has 2 rings (SSSR count). The van der Waals surface area contributed by atoms with E-state index in [0.717, 1.165) is 5.69 Å². The second-order valence-corrected chi connectivity index (χ2v) is 4.75. The van der Waals surface area contributed by atoms with E-state index in [2.05, 4.69) is 15.2 Å². The molecule has 1 N–H and O–H groups in total. The van der Waals surface area contributed by atoms with Gasteiger partial charge in [0.15, 0.2) is 5.82 Å². The van der Waals surface area contributed by atoms with E-state index in [9.17, 15) is 9.59 Å². The van der Waals surface area contributed by atoms with Crippen molar-refractivity contribution in [1.29, 1.82) is 0 Å². The molecule has 0 aliphatic heterocycles. The van der Waals surface area contributed by atoms with Gasteiger partial charge in [0.25, 0.3) is 5.91 Å². The number of ether oxygens (including phenoxy) is 1. The van der Waals surface area contributed by atoms with Crippen molar-refractivity contribution in [2.45, 2.75) is 13.8 Å². The first kappa shape index (κ1) is 16.5. The molecule has 7 nitrogen and oxygen atoms in total. The van der Waals surface area contributed by atoms with Crippen LogP contribution >= 0.6 is 0 Å². The molecule has 0 aliphatic rings. The highest BCUT2D eigenvalue weighted by molar-refractivity contribution is 6.01. The third-order valence-corrected chi connectivity index (χ3v) is 3.46. The largest absolute Gasteiger partial charge is 0.453 e. The molecular formula is C16H20N4O3. The third-order valence-electron chi connectivity index (χ3n) is 3.46. The molecule has 1 aromatic heterocycles. The second kappa shape index (κ2) is 7.44. The van der Waals surface area contributed by atoms with Gasteiger partial charge in [-0.3, -0.25) is 10.1 Å². The van der Waals surface area contributed by atoms with Crippen LogP contribution in [0.15, 0.2) is 36.5 Å². The summed E-state index contributed by atoms with van der Waals surface area (Å²) >= 11 is 0. The Morgan fingerprint density at radius 3 is 2.43 bits per heavy atom. The van der Waals surface area contributed by atoms with Gasteiger partial charge in [-0.15, -0.1) is 0 Å². The molecule has 122 valence electrons. The van der Waals surface area contributed by atoms with Crippen LogP contribution in [0.2, 0.25) is 0 Å². The van der Waals surface area contributed by atoms with E-state index in [1.807, 2.05) is 44.2 Å². The first-order valence-electron chi connectivity index (χ1n) is 7.40. The van der Waals surface area contributed by atoms with Crippen LogP contribution in [-0.2, 0) is 4.74 Å². The van der Waals surface area contributed by atoms with Gasteiger partial charge >= 0.3 is 6.09 Å². The van der Waals surface area contributed by atoms with E-state index in [-0.39, 0.29) is 5.91 Å². The first-order valence-corrected chi connectivity index (χ1v) is 7.40. The molecule has 2 amide bonds. The van der Waals surface area contributed by atoms with E-state index in [4.69, 9.17) is 0 Å². The minimum absolute atomic E-state index is 0.191. The van der Waals surface area contributed by atoms with Gasteiger partial charge < -0.3 is 9.64 Å². The molecule has 0 unspecified atom stereocenters. The Morgan fingerprint density at radius 2 is 1.87 bits per heavy atom. The van der Waals surface area contributed by atoms with Crippen LogP contribution in [0.25, 0.3) is 5.69 Å². The van der Waals surface area contributed by atoms with Gasteiger partial charge in [0, 0.05) is 13.1 Å². The molecule has 0 radical (unpaired) electrons. The summed E-state index contributed by atoms with van der Waals surface area (Å²) in [5.74, 6) is 0.100. The van der Waals surface area contributed by atoms with Gasteiger partial charge in [-0.25, -0.2) is 9.48 Å². The number of aromatic nitrogens is 2. The Morgan fingerprint density at radius 1 is 1.22 bits per heavy atom. The van der Waals surface area contributed by atoms with Crippen molar-refractivity contribution in [3.05, 3.63) is 42.1 Å². The number of para-hydroxylation sites is 1. The molecule has 0 fully saturated rings. The first-order chi connectivity index (χ1) is 11.1. The molecule has 1 aromatic carbocycles. The summed E-state index contributed by atoms with van der Waals surface area (Å²) in [5, 5.41) is 6.83. The predicted molar refractivity (Wildman–Crippen MR) is 86.8 cm³/mol. The maximum atomic E-state index is 12.6. The Bertz CT molecular complexity index is 678. The lowest BCUT2D eigenvalue weighted by Gasteiger charge is -2.19. The Balaban J connectivity index is 2.49. The summed E-state index contributed by atoms with van der Waals surface area (Å²) < 4.78 is 6.15. The fourth-order valence-corrected chi connectivity index (χ4v) is 2.22. The van der Waals surface area contributed by atoms with Crippen LogP contribution in [0.3, 0.4) is 0 Å². The zero-order valence-corrected chi connectivity index (χ0v) is 13.4. The van der Waals surface area contributed by atoms with Crippen LogP contribution in [0, 0.1) is 0 Å². The summed E-state index contributed by atoms with van der Waals surface area (Å²) in [6.45, 7) is 4.94. The van der Waals surface area contributed by atoms with Crippen molar-refractivity contribution in [2.75, 3.05) is 25.5 Å². The zero-order chi connectivity index (χ0) is 16.8. The molecule has 23 heavy (non-hydrogen) atoms. The Kier molecular flexibility index (Phi) is 5.35. The number of hydrogen-bond donors (Lipinski definition) is 1. The van der Waals surface area contributed by atoms with Crippen molar-refractivity contribution in [2.24, 2.45) is 0 Å². The minimum atomic E-state index is -0.656. The van der Waals surface area contributed by atoms with Crippen molar-refractivity contribution in [1.82, 2.24) is 14.7 Å². The summed E-state index contributed by atoms with van der Waals surface area (Å²) in [4.78, 5) is 25.9. The van der Waals surface area contributed by atoms with Gasteiger partial charge in [0.2, 0.25) is 0 Å². The van der Waals surface area contributed by atoms with E-state index >= 15 is 0 Å². The third kappa shape index (κ3) is 3.50.